The van der Waals surface area contributed by atoms with Crippen molar-refractivity contribution in [3.05, 3.63) is 53.4 Å². The van der Waals surface area contributed by atoms with E-state index >= 15 is 0 Å². The van der Waals surface area contributed by atoms with Crippen LogP contribution in [-0.2, 0) is 16.4 Å². The van der Waals surface area contributed by atoms with E-state index in [1.807, 2.05) is 47.8 Å². The lowest BCUT2D eigenvalue weighted by molar-refractivity contribution is 0.593. The third-order valence-corrected chi connectivity index (χ3v) is 5.60. The van der Waals surface area contributed by atoms with Gasteiger partial charge in [0.2, 0.25) is 15.0 Å². The fourth-order valence-electron chi connectivity index (χ4n) is 2.67. The van der Waals surface area contributed by atoms with Crippen molar-refractivity contribution in [3.8, 4) is 10.6 Å². The minimum absolute atomic E-state index is 0.252. The lowest BCUT2D eigenvalue weighted by Crippen LogP contribution is -2.05. The maximum Gasteiger partial charge on any atom is 0.249 e. The molecular formula is C17H15N5O2S2. The molecule has 0 saturated carbocycles. The van der Waals surface area contributed by atoms with Crippen molar-refractivity contribution in [2.45, 2.75) is 11.7 Å². The fraction of sp³-hybridized carbons (Fsp3) is 0.118. The number of nitrogen functional groups attached to an aromatic ring is 1. The molecule has 1 aromatic carbocycles. The Morgan fingerprint density at radius 2 is 1.88 bits per heavy atom. The summed E-state index contributed by atoms with van der Waals surface area (Å²) in [6.45, 7) is 0.459. The van der Waals surface area contributed by atoms with Crippen LogP contribution in [0.3, 0.4) is 0 Å². The molecule has 7 nitrogen and oxygen atoms in total. The monoisotopic (exact) mass is 385 g/mol. The quantitative estimate of drug-likeness (QED) is 0.542. The molecule has 0 aliphatic carbocycles. The molecule has 0 atom stereocenters. The lowest BCUT2D eigenvalue weighted by Gasteiger charge is -2.05. The third-order valence-electron chi connectivity index (χ3n) is 3.88. The van der Waals surface area contributed by atoms with E-state index in [1.54, 1.807) is 4.68 Å². The summed E-state index contributed by atoms with van der Waals surface area (Å²) in [4.78, 5) is 9.22. The second kappa shape index (κ2) is 6.19. The van der Waals surface area contributed by atoms with Gasteiger partial charge in [-0.3, -0.25) is 0 Å². The van der Waals surface area contributed by atoms with E-state index in [9.17, 15) is 8.42 Å². The summed E-state index contributed by atoms with van der Waals surface area (Å²) in [7, 11) is -3.58. The van der Waals surface area contributed by atoms with Crippen molar-refractivity contribution < 1.29 is 8.42 Å². The summed E-state index contributed by atoms with van der Waals surface area (Å²) < 4.78 is 25.6. The van der Waals surface area contributed by atoms with Gasteiger partial charge in [0, 0.05) is 6.26 Å². The van der Waals surface area contributed by atoms with Gasteiger partial charge in [-0.15, -0.1) is 16.4 Å². The zero-order chi connectivity index (χ0) is 18.3. The number of anilines is 1. The standard InChI is InChI=1S/C17H15N5O2S2/c1-26(23,24)17-19-14(12-8-5-9-25-12)13-15(18)22(21-16(13)20-17)10-11-6-3-2-4-7-11/h2-9H,10,18H2,1H3. The van der Waals surface area contributed by atoms with Gasteiger partial charge in [0.25, 0.3) is 0 Å². The van der Waals surface area contributed by atoms with Crippen LogP contribution >= 0.6 is 11.3 Å². The van der Waals surface area contributed by atoms with E-state index in [-0.39, 0.29) is 10.8 Å². The number of nitrogens with zero attached hydrogens (tertiary/aromatic N) is 4. The summed E-state index contributed by atoms with van der Waals surface area (Å²) in [5.41, 5.74) is 8.12. The van der Waals surface area contributed by atoms with Crippen LogP contribution in [0.15, 0.2) is 53.0 Å². The highest BCUT2D eigenvalue weighted by Gasteiger charge is 2.22. The molecule has 3 heterocycles. The summed E-state index contributed by atoms with van der Waals surface area (Å²) >= 11 is 1.45. The van der Waals surface area contributed by atoms with Gasteiger partial charge in [-0.2, -0.15) is 4.98 Å². The second-order valence-electron chi connectivity index (χ2n) is 5.83. The Labute approximate surface area is 154 Å². The lowest BCUT2D eigenvalue weighted by atomic mass is 10.2. The number of benzene rings is 1. The minimum atomic E-state index is -3.58. The summed E-state index contributed by atoms with van der Waals surface area (Å²) in [6, 6.07) is 13.5. The number of hydrogen-bond donors (Lipinski definition) is 1. The van der Waals surface area contributed by atoms with Crippen LogP contribution in [0.5, 0.6) is 0 Å². The normalized spacial score (nSPS) is 11.9. The number of nitrogens with two attached hydrogens (primary N) is 1. The van der Waals surface area contributed by atoms with E-state index in [2.05, 4.69) is 15.1 Å². The highest BCUT2D eigenvalue weighted by molar-refractivity contribution is 7.90. The summed E-state index contributed by atoms with van der Waals surface area (Å²) in [5, 5.41) is 6.64. The van der Waals surface area contributed by atoms with Crippen LogP contribution in [-0.4, -0.2) is 34.4 Å². The molecule has 2 N–H and O–H groups in total. The molecule has 0 bridgehead atoms. The van der Waals surface area contributed by atoms with Crippen LogP contribution in [0.2, 0.25) is 0 Å². The predicted octanol–water partition coefficient (Wildman–Crippen LogP) is 2.59. The number of fused-ring (bicyclic) bond motifs is 1. The van der Waals surface area contributed by atoms with Gasteiger partial charge in [-0.1, -0.05) is 36.4 Å². The van der Waals surface area contributed by atoms with Gasteiger partial charge < -0.3 is 5.73 Å². The Balaban J connectivity index is 1.96. The Kier molecular flexibility index (Phi) is 3.97. The van der Waals surface area contributed by atoms with E-state index < -0.39 is 9.84 Å². The topological polar surface area (TPSA) is 104 Å². The molecule has 4 rings (SSSR count). The van der Waals surface area contributed by atoms with Crippen molar-refractivity contribution in [1.82, 2.24) is 19.7 Å². The van der Waals surface area contributed by atoms with E-state index in [0.717, 1.165) is 16.7 Å². The number of rotatable bonds is 4. The van der Waals surface area contributed by atoms with Crippen molar-refractivity contribution in [3.63, 3.8) is 0 Å². The molecule has 0 saturated heterocycles. The molecule has 3 aromatic heterocycles. The Morgan fingerprint density at radius 3 is 2.54 bits per heavy atom. The molecule has 0 fully saturated rings. The molecule has 0 amide bonds. The first-order valence-electron chi connectivity index (χ1n) is 7.75. The maximum atomic E-state index is 12.0. The minimum Gasteiger partial charge on any atom is -0.383 e. The van der Waals surface area contributed by atoms with Crippen LogP contribution in [0.4, 0.5) is 5.82 Å². The first-order chi connectivity index (χ1) is 12.4. The van der Waals surface area contributed by atoms with Crippen LogP contribution in [0, 0.1) is 0 Å². The first kappa shape index (κ1) is 16.7. The van der Waals surface area contributed by atoms with Crippen LogP contribution in [0.1, 0.15) is 5.56 Å². The molecule has 9 heteroatoms. The van der Waals surface area contributed by atoms with E-state index in [0.29, 0.717) is 23.4 Å². The molecule has 4 aromatic rings. The van der Waals surface area contributed by atoms with Crippen molar-refractivity contribution in [2.24, 2.45) is 0 Å². The van der Waals surface area contributed by atoms with Gasteiger partial charge in [0.1, 0.15) is 5.82 Å². The predicted molar refractivity (Wildman–Crippen MR) is 102 cm³/mol. The Bertz CT molecular complexity index is 1180. The molecule has 0 unspecified atom stereocenters. The molecule has 0 aliphatic rings. The van der Waals surface area contributed by atoms with Gasteiger partial charge in [-0.05, 0) is 17.0 Å². The smallest absolute Gasteiger partial charge is 0.249 e. The van der Waals surface area contributed by atoms with Gasteiger partial charge in [0.15, 0.2) is 5.65 Å². The average molecular weight is 385 g/mol. The maximum absolute atomic E-state index is 12.0. The largest absolute Gasteiger partial charge is 0.383 e. The third kappa shape index (κ3) is 2.95. The SMILES string of the molecule is CS(=O)(=O)c1nc(-c2cccs2)c2c(N)n(Cc3ccccc3)nc2n1. The summed E-state index contributed by atoms with van der Waals surface area (Å²) in [5.74, 6) is 0.410. The van der Waals surface area contributed by atoms with Crippen molar-refractivity contribution in [2.75, 3.05) is 12.0 Å². The van der Waals surface area contributed by atoms with E-state index in [1.165, 1.54) is 11.3 Å². The van der Waals surface area contributed by atoms with Crippen LogP contribution in [0.25, 0.3) is 21.6 Å². The fourth-order valence-corrected chi connectivity index (χ4v) is 3.90. The van der Waals surface area contributed by atoms with Gasteiger partial charge in [-0.25, -0.2) is 18.1 Å². The molecule has 26 heavy (non-hydrogen) atoms. The molecular weight excluding hydrogens is 370 g/mol. The summed E-state index contributed by atoms with van der Waals surface area (Å²) in [6.07, 6.45) is 1.08. The van der Waals surface area contributed by atoms with E-state index in [4.69, 9.17) is 5.73 Å². The zero-order valence-corrected chi connectivity index (χ0v) is 15.5. The highest BCUT2D eigenvalue weighted by atomic mass is 32.2. The molecule has 0 spiro atoms. The average Bonchev–Trinajstić information content (AvgIpc) is 3.24. The number of sulfone groups is 1. The first-order valence-corrected chi connectivity index (χ1v) is 10.5. The Hall–Kier alpha value is -2.78. The van der Waals surface area contributed by atoms with Gasteiger partial charge >= 0.3 is 0 Å². The van der Waals surface area contributed by atoms with Gasteiger partial charge in [0.05, 0.1) is 22.5 Å². The molecule has 132 valence electrons. The molecule has 0 aliphatic heterocycles. The second-order valence-corrected chi connectivity index (χ2v) is 8.69. The van der Waals surface area contributed by atoms with Crippen molar-refractivity contribution >= 4 is 38.0 Å². The number of aromatic nitrogens is 4. The number of thiophene rings is 1. The zero-order valence-electron chi connectivity index (χ0n) is 13.8. The van der Waals surface area contributed by atoms with Crippen LogP contribution < -0.4 is 5.73 Å². The molecule has 0 radical (unpaired) electrons. The highest BCUT2D eigenvalue weighted by Crippen LogP contribution is 2.33. The number of hydrogen-bond acceptors (Lipinski definition) is 7. The van der Waals surface area contributed by atoms with Crippen molar-refractivity contribution in [1.29, 1.82) is 0 Å². The Morgan fingerprint density at radius 1 is 1.12 bits per heavy atom.